The van der Waals surface area contributed by atoms with E-state index in [0.29, 0.717) is 5.57 Å². The summed E-state index contributed by atoms with van der Waals surface area (Å²) in [7, 11) is 0. The first-order valence-electron chi connectivity index (χ1n) is 4.99. The lowest BCUT2D eigenvalue weighted by Crippen LogP contribution is -2.07. The predicted octanol–water partition coefficient (Wildman–Crippen LogP) is 3.59. The molecule has 2 heterocycles. The van der Waals surface area contributed by atoms with Gasteiger partial charge >= 0.3 is 5.51 Å². The smallest absolute Gasteiger partial charge is 0.239 e. The second kappa shape index (κ2) is 4.42. The lowest BCUT2D eigenvalue weighted by Gasteiger charge is -2.10. The summed E-state index contributed by atoms with van der Waals surface area (Å²) in [5.74, 6) is -0.0882. The molecule has 8 heteroatoms. The van der Waals surface area contributed by atoms with Crippen molar-refractivity contribution in [3.05, 3.63) is 30.6 Å². The van der Waals surface area contributed by atoms with E-state index in [1.807, 2.05) is 0 Å². The van der Waals surface area contributed by atoms with E-state index < -0.39 is 34.6 Å². The van der Waals surface area contributed by atoms with Crippen molar-refractivity contribution in [1.29, 1.82) is 0 Å². The average Bonchev–Trinajstić information content (AvgIpc) is 2.76. The second-order valence-electron chi connectivity index (χ2n) is 3.74. The largest absolute Gasteiger partial charge is 0.449 e. The van der Waals surface area contributed by atoms with E-state index in [-0.39, 0.29) is 12.2 Å². The molecule has 0 saturated heterocycles. The lowest BCUT2D eigenvalue weighted by molar-refractivity contribution is -0.0331. The molecule has 0 spiro atoms. The van der Waals surface area contributed by atoms with Crippen molar-refractivity contribution in [3.63, 3.8) is 0 Å². The Kier molecular flexibility index (Phi) is 3.22. The summed E-state index contributed by atoms with van der Waals surface area (Å²) in [5.41, 5.74) is -3.98. The molecule has 0 unspecified atom stereocenters. The molecule has 0 radical (unpaired) electrons. The number of allylic oxidation sites excluding steroid dienone is 2. The zero-order valence-electron chi connectivity index (χ0n) is 9.12. The van der Waals surface area contributed by atoms with Crippen molar-refractivity contribution < 1.29 is 17.6 Å². The molecular weight excluding hydrogens is 270 g/mol. The molecule has 2 atom stereocenters. The van der Waals surface area contributed by atoms with Gasteiger partial charge in [-0.1, -0.05) is 19.2 Å². The molecule has 0 amide bonds. The fourth-order valence-electron chi connectivity index (χ4n) is 1.75. The molecule has 18 heavy (non-hydrogen) atoms. The highest BCUT2D eigenvalue weighted by Crippen LogP contribution is 2.42. The Bertz CT molecular complexity index is 494. The van der Waals surface area contributed by atoms with Gasteiger partial charge in [-0.3, -0.25) is 0 Å². The van der Waals surface area contributed by atoms with Crippen LogP contribution in [0.25, 0.3) is 0 Å². The SMILES string of the molecule is C=CC(=C)[C@@H]1C[C@H](F)c2nc(SC(F)(F)F)nn21. The van der Waals surface area contributed by atoms with Crippen LogP contribution in [0, 0.1) is 0 Å². The standard InChI is InChI=1S/C10H9F4N3S/c1-3-5(2)7-4-6(11)8-15-9(16-17(7)8)18-10(12,13)14/h3,6-7H,1-2,4H2/t6-,7-/m0/s1. The third kappa shape index (κ3) is 2.43. The van der Waals surface area contributed by atoms with Crippen molar-refractivity contribution in [2.45, 2.75) is 29.3 Å². The van der Waals surface area contributed by atoms with E-state index in [4.69, 9.17) is 0 Å². The van der Waals surface area contributed by atoms with Crippen LogP contribution in [-0.4, -0.2) is 20.3 Å². The molecular formula is C10H9F4N3S. The number of fused-ring (bicyclic) bond motifs is 1. The first-order valence-corrected chi connectivity index (χ1v) is 5.81. The minimum Gasteiger partial charge on any atom is -0.239 e. The normalized spacial score (nSPS) is 22.9. The molecule has 2 rings (SSSR count). The Balaban J connectivity index is 2.30. The second-order valence-corrected chi connectivity index (χ2v) is 4.78. The summed E-state index contributed by atoms with van der Waals surface area (Å²) in [6.07, 6.45) is 0.0869. The summed E-state index contributed by atoms with van der Waals surface area (Å²) in [6, 6.07) is -0.511. The Hall–Kier alpha value is -1.31. The van der Waals surface area contributed by atoms with Crippen molar-refractivity contribution in [3.8, 4) is 0 Å². The van der Waals surface area contributed by atoms with E-state index in [0.717, 1.165) is 4.68 Å². The zero-order valence-corrected chi connectivity index (χ0v) is 9.93. The Morgan fingerprint density at radius 1 is 1.50 bits per heavy atom. The summed E-state index contributed by atoms with van der Waals surface area (Å²) in [5, 5.41) is 3.18. The number of nitrogens with zero attached hydrogens (tertiary/aromatic N) is 3. The lowest BCUT2D eigenvalue weighted by atomic mass is 10.1. The topological polar surface area (TPSA) is 30.7 Å². The van der Waals surface area contributed by atoms with E-state index in [9.17, 15) is 17.6 Å². The van der Waals surface area contributed by atoms with Gasteiger partial charge in [0.15, 0.2) is 12.0 Å². The summed E-state index contributed by atoms with van der Waals surface area (Å²) in [6.45, 7) is 7.17. The van der Waals surface area contributed by atoms with Crippen LogP contribution in [0.5, 0.6) is 0 Å². The monoisotopic (exact) mass is 279 g/mol. The minimum atomic E-state index is -4.49. The number of alkyl halides is 4. The van der Waals surface area contributed by atoms with Crippen LogP contribution in [0.4, 0.5) is 17.6 Å². The van der Waals surface area contributed by atoms with Crippen LogP contribution in [0.2, 0.25) is 0 Å². The van der Waals surface area contributed by atoms with Gasteiger partial charge < -0.3 is 0 Å². The quantitative estimate of drug-likeness (QED) is 0.481. The Morgan fingerprint density at radius 2 is 2.17 bits per heavy atom. The zero-order chi connectivity index (χ0) is 13.5. The summed E-state index contributed by atoms with van der Waals surface area (Å²) >= 11 is -0.457. The summed E-state index contributed by atoms with van der Waals surface area (Å²) in [4.78, 5) is 3.57. The molecule has 3 nitrogen and oxygen atoms in total. The molecule has 98 valence electrons. The summed E-state index contributed by atoms with van der Waals surface area (Å²) < 4.78 is 51.3. The maximum atomic E-state index is 13.6. The maximum Gasteiger partial charge on any atom is 0.449 e. The number of hydrogen-bond acceptors (Lipinski definition) is 3. The highest BCUT2D eigenvalue weighted by Gasteiger charge is 2.38. The van der Waals surface area contributed by atoms with Crippen LogP contribution < -0.4 is 0 Å². The van der Waals surface area contributed by atoms with Gasteiger partial charge in [0, 0.05) is 18.2 Å². The molecule has 0 fully saturated rings. The van der Waals surface area contributed by atoms with E-state index in [2.05, 4.69) is 23.2 Å². The van der Waals surface area contributed by atoms with Gasteiger partial charge in [0.1, 0.15) is 0 Å². The Labute approximate surface area is 105 Å². The van der Waals surface area contributed by atoms with Crippen LogP contribution in [-0.2, 0) is 0 Å². The third-order valence-electron chi connectivity index (χ3n) is 2.54. The number of thioether (sulfide) groups is 1. The van der Waals surface area contributed by atoms with E-state index in [1.54, 1.807) is 0 Å². The molecule has 0 N–H and O–H groups in total. The van der Waals surface area contributed by atoms with E-state index >= 15 is 0 Å². The van der Waals surface area contributed by atoms with Crippen molar-refractivity contribution >= 4 is 11.8 Å². The van der Waals surface area contributed by atoms with Gasteiger partial charge in [-0.05, 0) is 5.57 Å². The van der Waals surface area contributed by atoms with Gasteiger partial charge in [0.05, 0.1) is 6.04 Å². The molecule has 0 bridgehead atoms. The molecule has 0 saturated carbocycles. The highest BCUT2D eigenvalue weighted by molar-refractivity contribution is 8.00. The molecule has 1 aliphatic heterocycles. The average molecular weight is 279 g/mol. The fraction of sp³-hybridized carbons (Fsp3) is 0.400. The molecule has 1 aliphatic rings. The number of halogens is 4. The van der Waals surface area contributed by atoms with Crippen LogP contribution in [0.3, 0.4) is 0 Å². The van der Waals surface area contributed by atoms with Gasteiger partial charge in [-0.15, -0.1) is 5.10 Å². The fourth-order valence-corrected chi connectivity index (χ4v) is 2.23. The number of aromatic nitrogens is 3. The van der Waals surface area contributed by atoms with Crippen LogP contribution >= 0.6 is 11.8 Å². The van der Waals surface area contributed by atoms with Crippen LogP contribution in [0.15, 0.2) is 30.0 Å². The van der Waals surface area contributed by atoms with E-state index in [1.165, 1.54) is 6.08 Å². The minimum absolute atomic E-state index is 0.0805. The highest BCUT2D eigenvalue weighted by atomic mass is 32.2. The van der Waals surface area contributed by atoms with Crippen LogP contribution in [0.1, 0.15) is 24.5 Å². The molecule has 1 aromatic rings. The number of hydrogen-bond donors (Lipinski definition) is 0. The molecule has 1 aromatic heterocycles. The molecule has 0 aromatic carbocycles. The predicted molar refractivity (Wildman–Crippen MR) is 58.8 cm³/mol. The third-order valence-corrected chi connectivity index (χ3v) is 3.13. The van der Waals surface area contributed by atoms with Gasteiger partial charge in [0.2, 0.25) is 5.16 Å². The van der Waals surface area contributed by atoms with Crippen molar-refractivity contribution in [2.24, 2.45) is 0 Å². The molecule has 0 aliphatic carbocycles. The first-order chi connectivity index (χ1) is 8.31. The van der Waals surface area contributed by atoms with Crippen molar-refractivity contribution in [2.75, 3.05) is 0 Å². The maximum absolute atomic E-state index is 13.6. The van der Waals surface area contributed by atoms with Gasteiger partial charge in [-0.2, -0.15) is 13.2 Å². The Morgan fingerprint density at radius 3 is 2.72 bits per heavy atom. The van der Waals surface area contributed by atoms with Gasteiger partial charge in [0.25, 0.3) is 0 Å². The van der Waals surface area contributed by atoms with Crippen molar-refractivity contribution in [1.82, 2.24) is 14.8 Å². The number of rotatable bonds is 3. The first kappa shape index (κ1) is 13.1. The van der Waals surface area contributed by atoms with Gasteiger partial charge in [-0.25, -0.2) is 14.1 Å².